The van der Waals surface area contributed by atoms with E-state index in [1.165, 1.54) is 0 Å². The molecule has 3 aromatic carbocycles. The Hall–Kier alpha value is -3.77. The molecular weight excluding hydrogens is 486 g/mol. The second-order valence-electron chi connectivity index (χ2n) is 11.5. The van der Waals surface area contributed by atoms with Crippen LogP contribution in [0.1, 0.15) is 60.3 Å². The zero-order valence-electron chi connectivity index (χ0n) is 23.4. The lowest BCUT2D eigenvalue weighted by molar-refractivity contribution is -0.149. The molecule has 39 heavy (non-hydrogen) atoms. The van der Waals surface area contributed by atoms with Crippen LogP contribution in [0.2, 0.25) is 0 Å². The Balaban J connectivity index is 1.66. The van der Waals surface area contributed by atoms with Gasteiger partial charge in [0, 0.05) is 31.6 Å². The quantitative estimate of drug-likeness (QED) is 0.429. The van der Waals surface area contributed by atoms with Gasteiger partial charge in [0.15, 0.2) is 5.78 Å². The van der Waals surface area contributed by atoms with Crippen LogP contribution in [0.25, 0.3) is 0 Å². The second-order valence-corrected chi connectivity index (χ2v) is 11.5. The molecular formula is C33H39N3O3. The Morgan fingerprint density at radius 2 is 1.51 bits per heavy atom. The van der Waals surface area contributed by atoms with Crippen LogP contribution in [0, 0.1) is 5.41 Å². The molecule has 0 unspecified atom stereocenters. The Labute approximate surface area is 231 Å². The van der Waals surface area contributed by atoms with Gasteiger partial charge in [-0.25, -0.2) is 0 Å². The van der Waals surface area contributed by atoms with E-state index in [9.17, 15) is 14.4 Å². The molecule has 3 aromatic rings. The summed E-state index contributed by atoms with van der Waals surface area (Å²) in [6.45, 7) is 8.62. The molecule has 0 fully saturated rings. The summed E-state index contributed by atoms with van der Waals surface area (Å²) < 4.78 is 0. The number of carbonyl (C=O) groups is 3. The van der Waals surface area contributed by atoms with E-state index in [1.54, 1.807) is 24.0 Å². The molecule has 0 spiro atoms. The number of Topliss-reactive ketones (excluding diaryl/α,β-unsaturated/α-hetero) is 1. The van der Waals surface area contributed by atoms with Crippen LogP contribution in [-0.4, -0.2) is 46.0 Å². The lowest BCUT2D eigenvalue weighted by Crippen LogP contribution is -2.59. The van der Waals surface area contributed by atoms with Gasteiger partial charge in [0.2, 0.25) is 11.8 Å². The van der Waals surface area contributed by atoms with E-state index in [4.69, 9.17) is 5.73 Å². The van der Waals surface area contributed by atoms with Crippen LogP contribution in [0.4, 0.5) is 0 Å². The normalized spacial score (nSPS) is 15.8. The molecule has 6 heteroatoms. The van der Waals surface area contributed by atoms with Crippen molar-refractivity contribution in [2.24, 2.45) is 11.1 Å². The molecule has 2 atom stereocenters. The molecule has 0 saturated carbocycles. The maximum atomic E-state index is 14.3. The summed E-state index contributed by atoms with van der Waals surface area (Å²) in [6, 6.07) is 24.1. The van der Waals surface area contributed by atoms with Crippen LogP contribution < -0.4 is 5.73 Å². The highest BCUT2D eigenvalue weighted by molar-refractivity contribution is 5.94. The van der Waals surface area contributed by atoms with Crippen molar-refractivity contribution in [1.29, 1.82) is 0 Å². The van der Waals surface area contributed by atoms with Crippen molar-refractivity contribution >= 4 is 17.6 Å². The first-order valence-electron chi connectivity index (χ1n) is 13.6. The average molecular weight is 526 g/mol. The van der Waals surface area contributed by atoms with Crippen LogP contribution in [-0.2, 0) is 35.5 Å². The summed E-state index contributed by atoms with van der Waals surface area (Å²) in [6.07, 6.45) is 1.14. The third kappa shape index (κ3) is 6.82. The number of fused-ring (bicyclic) bond motifs is 1. The summed E-state index contributed by atoms with van der Waals surface area (Å²) >= 11 is 0. The minimum Gasteiger partial charge on any atom is -0.336 e. The number of nitrogens with two attached hydrogens (primary N) is 1. The first-order valence-corrected chi connectivity index (χ1v) is 13.6. The smallest absolute Gasteiger partial charge is 0.246 e. The number of rotatable bonds is 8. The van der Waals surface area contributed by atoms with Crippen molar-refractivity contribution in [3.8, 4) is 0 Å². The molecule has 1 heterocycles. The van der Waals surface area contributed by atoms with Crippen molar-refractivity contribution < 1.29 is 14.4 Å². The van der Waals surface area contributed by atoms with Gasteiger partial charge in [0.1, 0.15) is 6.04 Å². The molecule has 0 aliphatic carbocycles. The molecule has 1 aliphatic rings. The van der Waals surface area contributed by atoms with E-state index in [2.05, 4.69) is 12.1 Å². The summed E-state index contributed by atoms with van der Waals surface area (Å²) in [5.74, 6) is -0.293. The Bertz CT molecular complexity index is 1310. The fourth-order valence-electron chi connectivity index (χ4n) is 4.98. The van der Waals surface area contributed by atoms with Gasteiger partial charge in [-0.3, -0.25) is 14.4 Å². The van der Waals surface area contributed by atoms with Crippen LogP contribution >= 0.6 is 0 Å². The molecule has 0 aromatic heterocycles. The van der Waals surface area contributed by atoms with E-state index in [1.807, 2.05) is 80.3 Å². The van der Waals surface area contributed by atoms with Gasteiger partial charge in [0.25, 0.3) is 0 Å². The molecule has 0 radical (unpaired) electrons. The summed E-state index contributed by atoms with van der Waals surface area (Å²) in [7, 11) is 0. The van der Waals surface area contributed by atoms with Crippen molar-refractivity contribution in [3.05, 3.63) is 107 Å². The molecule has 0 bridgehead atoms. The summed E-state index contributed by atoms with van der Waals surface area (Å²) in [5, 5.41) is 0. The van der Waals surface area contributed by atoms with Gasteiger partial charge >= 0.3 is 0 Å². The first kappa shape index (κ1) is 28.2. The van der Waals surface area contributed by atoms with Crippen LogP contribution in [0.15, 0.2) is 78.9 Å². The van der Waals surface area contributed by atoms with Crippen molar-refractivity contribution in [2.45, 2.75) is 65.7 Å². The van der Waals surface area contributed by atoms with Gasteiger partial charge in [0.05, 0.1) is 6.04 Å². The Morgan fingerprint density at radius 3 is 2.13 bits per heavy atom. The topological polar surface area (TPSA) is 83.7 Å². The largest absolute Gasteiger partial charge is 0.336 e. The highest BCUT2D eigenvalue weighted by Crippen LogP contribution is 2.28. The van der Waals surface area contributed by atoms with Crippen LogP contribution in [0.3, 0.4) is 0 Å². The lowest BCUT2D eigenvalue weighted by atomic mass is 9.85. The highest BCUT2D eigenvalue weighted by atomic mass is 16.2. The molecule has 0 saturated heterocycles. The Kier molecular flexibility index (Phi) is 8.66. The van der Waals surface area contributed by atoms with Crippen molar-refractivity contribution in [3.63, 3.8) is 0 Å². The number of carbonyl (C=O) groups excluding carboxylic acids is 3. The van der Waals surface area contributed by atoms with Gasteiger partial charge in [-0.15, -0.1) is 0 Å². The third-order valence-corrected chi connectivity index (χ3v) is 7.57. The second kappa shape index (κ2) is 12.0. The van der Waals surface area contributed by atoms with Crippen molar-refractivity contribution in [1.82, 2.24) is 9.80 Å². The lowest BCUT2D eigenvalue weighted by Gasteiger charge is -2.41. The highest BCUT2D eigenvalue weighted by Gasteiger charge is 2.41. The number of hydrogen-bond donors (Lipinski definition) is 1. The zero-order valence-corrected chi connectivity index (χ0v) is 23.4. The summed E-state index contributed by atoms with van der Waals surface area (Å²) in [5.41, 5.74) is 10.8. The van der Waals surface area contributed by atoms with E-state index >= 15 is 0 Å². The predicted octanol–water partition coefficient (Wildman–Crippen LogP) is 4.79. The van der Waals surface area contributed by atoms with E-state index in [0.717, 1.165) is 22.3 Å². The van der Waals surface area contributed by atoms with E-state index < -0.39 is 17.5 Å². The number of ketones is 1. The van der Waals surface area contributed by atoms with Gasteiger partial charge < -0.3 is 15.5 Å². The van der Waals surface area contributed by atoms with Gasteiger partial charge in [-0.05, 0) is 41.0 Å². The number of amides is 2. The van der Waals surface area contributed by atoms with Crippen molar-refractivity contribution in [2.75, 3.05) is 6.54 Å². The Morgan fingerprint density at radius 1 is 0.897 bits per heavy atom. The van der Waals surface area contributed by atoms with E-state index in [-0.39, 0.29) is 17.6 Å². The summed E-state index contributed by atoms with van der Waals surface area (Å²) in [4.78, 5) is 43.4. The fraction of sp³-hybridized carbons (Fsp3) is 0.364. The minimum atomic E-state index is -0.727. The maximum absolute atomic E-state index is 14.3. The first-order chi connectivity index (χ1) is 18.5. The number of nitrogens with zero attached hydrogens (tertiary/aromatic N) is 2. The predicted molar refractivity (Wildman–Crippen MR) is 154 cm³/mol. The molecule has 204 valence electrons. The zero-order chi connectivity index (χ0) is 28.2. The fourth-order valence-corrected chi connectivity index (χ4v) is 4.98. The third-order valence-electron chi connectivity index (χ3n) is 7.57. The minimum absolute atomic E-state index is 0.00349. The standard InChI is InChI=1S/C33H39N3O3/c1-23(37)26-16-14-25(15-17-26)21-35(19-18-24-10-6-5-7-11-24)31(38)29-20-27-12-8-9-13-28(27)22-36(29)32(39)30(34)33(2,3)4/h5-17,29-30H,18-22,34H2,1-4H3/t29-,30+/m0/s1. The number of benzene rings is 3. The van der Waals surface area contributed by atoms with Crippen LogP contribution in [0.5, 0.6) is 0 Å². The monoisotopic (exact) mass is 525 g/mol. The molecule has 6 nitrogen and oxygen atoms in total. The molecule has 2 amide bonds. The average Bonchev–Trinajstić information content (AvgIpc) is 2.93. The molecule has 1 aliphatic heterocycles. The van der Waals surface area contributed by atoms with E-state index in [0.29, 0.717) is 38.0 Å². The maximum Gasteiger partial charge on any atom is 0.246 e. The SMILES string of the molecule is CC(=O)c1ccc(CN(CCc2ccccc2)C(=O)[C@@H]2Cc3ccccc3CN2C(=O)[C@@H](N)C(C)(C)C)cc1. The van der Waals surface area contributed by atoms with Gasteiger partial charge in [-0.1, -0.05) is 99.6 Å². The molecule has 2 N–H and O–H groups in total. The van der Waals surface area contributed by atoms with Gasteiger partial charge in [-0.2, -0.15) is 0 Å². The molecule has 4 rings (SSSR count). The number of hydrogen-bond acceptors (Lipinski definition) is 4.